The Balaban J connectivity index is 1.47. The van der Waals surface area contributed by atoms with E-state index in [4.69, 9.17) is 4.74 Å². The van der Waals surface area contributed by atoms with E-state index in [1.165, 1.54) is 7.11 Å². The fraction of sp³-hybridized carbons (Fsp3) is 0.120. The number of rotatable bonds is 6. The summed E-state index contributed by atoms with van der Waals surface area (Å²) in [4.78, 5) is 17.0. The molecule has 0 saturated carbocycles. The molecule has 0 unspecified atom stereocenters. The standard InChI is InChI=1S/C25H22N2O4S/c1-17-13-22(31-2)7-10-24(17)32(29,30)23-8-3-18(4-9-23)15-27-25(28)20-6-5-19-11-12-26-16-21(19)14-20/h3-14,16H,15H2,1-2H3,(H,27,28). The number of aromatic nitrogens is 1. The molecular weight excluding hydrogens is 424 g/mol. The van der Waals surface area contributed by atoms with Gasteiger partial charge in [-0.3, -0.25) is 9.78 Å². The zero-order valence-corrected chi connectivity index (χ0v) is 18.5. The second-order valence-electron chi connectivity index (χ2n) is 7.40. The van der Waals surface area contributed by atoms with E-state index in [2.05, 4.69) is 10.3 Å². The topological polar surface area (TPSA) is 85.4 Å². The van der Waals surface area contributed by atoms with Crippen molar-refractivity contribution < 1.29 is 17.9 Å². The molecule has 4 aromatic rings. The van der Waals surface area contributed by atoms with Gasteiger partial charge in [-0.15, -0.1) is 0 Å². The van der Waals surface area contributed by atoms with Gasteiger partial charge < -0.3 is 10.1 Å². The summed E-state index contributed by atoms with van der Waals surface area (Å²) in [6.45, 7) is 2.02. The third kappa shape index (κ3) is 4.33. The van der Waals surface area contributed by atoms with E-state index in [1.807, 2.05) is 12.1 Å². The number of pyridine rings is 1. The highest BCUT2D eigenvalue weighted by molar-refractivity contribution is 7.91. The van der Waals surface area contributed by atoms with Gasteiger partial charge >= 0.3 is 0 Å². The van der Waals surface area contributed by atoms with Gasteiger partial charge in [0.2, 0.25) is 9.84 Å². The molecule has 1 N–H and O–H groups in total. The van der Waals surface area contributed by atoms with Gasteiger partial charge in [0, 0.05) is 29.9 Å². The molecule has 162 valence electrons. The number of carbonyl (C=O) groups excluding carboxylic acids is 1. The molecule has 32 heavy (non-hydrogen) atoms. The molecular formula is C25H22N2O4S. The number of hydrogen-bond donors (Lipinski definition) is 1. The highest BCUT2D eigenvalue weighted by Gasteiger charge is 2.20. The number of benzene rings is 3. The van der Waals surface area contributed by atoms with Crippen molar-refractivity contribution in [2.75, 3.05) is 7.11 Å². The number of amides is 1. The molecule has 7 heteroatoms. The number of nitrogens with zero attached hydrogens (tertiary/aromatic N) is 1. The number of fused-ring (bicyclic) bond motifs is 1. The maximum Gasteiger partial charge on any atom is 0.251 e. The van der Waals surface area contributed by atoms with Crippen LogP contribution in [0.25, 0.3) is 10.8 Å². The Bertz CT molecular complexity index is 1400. The van der Waals surface area contributed by atoms with Crippen molar-refractivity contribution in [2.24, 2.45) is 0 Å². The van der Waals surface area contributed by atoms with Gasteiger partial charge in [0.25, 0.3) is 5.91 Å². The second-order valence-corrected chi connectivity index (χ2v) is 9.32. The summed E-state index contributed by atoms with van der Waals surface area (Å²) in [7, 11) is -2.12. The predicted octanol–water partition coefficient (Wildman–Crippen LogP) is 4.31. The van der Waals surface area contributed by atoms with E-state index < -0.39 is 9.84 Å². The summed E-state index contributed by atoms with van der Waals surface area (Å²) in [5.74, 6) is 0.400. The molecule has 6 nitrogen and oxygen atoms in total. The Morgan fingerprint density at radius 2 is 1.75 bits per heavy atom. The Labute approximate surface area is 186 Å². The zero-order chi connectivity index (χ0) is 22.7. The van der Waals surface area contributed by atoms with Crippen LogP contribution in [0.2, 0.25) is 0 Å². The molecule has 1 aromatic heterocycles. The smallest absolute Gasteiger partial charge is 0.251 e. The average Bonchev–Trinajstić information content (AvgIpc) is 2.82. The molecule has 0 aliphatic heterocycles. The first-order chi connectivity index (χ1) is 15.4. The molecule has 0 spiro atoms. The highest BCUT2D eigenvalue weighted by Crippen LogP contribution is 2.27. The summed E-state index contributed by atoms with van der Waals surface area (Å²) in [6, 6.07) is 18.7. The lowest BCUT2D eigenvalue weighted by molar-refractivity contribution is 0.0951. The average molecular weight is 447 g/mol. The van der Waals surface area contributed by atoms with E-state index in [0.717, 1.165) is 16.3 Å². The number of hydrogen-bond acceptors (Lipinski definition) is 5. The van der Waals surface area contributed by atoms with E-state index in [1.54, 1.807) is 73.9 Å². The van der Waals surface area contributed by atoms with Crippen LogP contribution in [0, 0.1) is 6.92 Å². The van der Waals surface area contributed by atoms with Crippen LogP contribution < -0.4 is 10.1 Å². The first-order valence-electron chi connectivity index (χ1n) is 9.99. The fourth-order valence-electron chi connectivity index (χ4n) is 3.47. The molecule has 1 heterocycles. The monoisotopic (exact) mass is 446 g/mol. The SMILES string of the molecule is COc1ccc(S(=O)(=O)c2ccc(CNC(=O)c3ccc4ccncc4c3)cc2)c(C)c1. The maximum atomic E-state index is 13.0. The summed E-state index contributed by atoms with van der Waals surface area (Å²) in [5.41, 5.74) is 1.96. The summed E-state index contributed by atoms with van der Waals surface area (Å²) >= 11 is 0. The van der Waals surface area contributed by atoms with Gasteiger partial charge in [-0.25, -0.2) is 8.42 Å². The third-order valence-corrected chi connectivity index (χ3v) is 7.19. The number of ether oxygens (including phenoxy) is 1. The minimum absolute atomic E-state index is 0.197. The Kier molecular flexibility index (Phi) is 5.92. The van der Waals surface area contributed by atoms with Gasteiger partial charge in [-0.05, 0) is 72.0 Å². The van der Waals surface area contributed by atoms with Gasteiger partial charge in [0.05, 0.1) is 16.9 Å². The third-order valence-electron chi connectivity index (χ3n) is 5.26. The van der Waals surface area contributed by atoms with Gasteiger partial charge in [-0.2, -0.15) is 0 Å². The van der Waals surface area contributed by atoms with Gasteiger partial charge in [-0.1, -0.05) is 18.2 Å². The first-order valence-corrected chi connectivity index (χ1v) is 11.5. The van der Waals surface area contributed by atoms with Crippen molar-refractivity contribution in [1.29, 1.82) is 0 Å². The van der Waals surface area contributed by atoms with Crippen LogP contribution in [0.1, 0.15) is 21.5 Å². The molecule has 4 rings (SSSR count). The normalized spacial score (nSPS) is 11.3. The summed E-state index contributed by atoms with van der Waals surface area (Å²) in [6.07, 6.45) is 3.43. The van der Waals surface area contributed by atoms with Crippen molar-refractivity contribution in [3.8, 4) is 5.75 Å². The lowest BCUT2D eigenvalue weighted by Gasteiger charge is -2.11. The fourth-order valence-corrected chi connectivity index (χ4v) is 4.95. The molecule has 1 amide bonds. The van der Waals surface area contributed by atoms with Crippen LogP contribution in [-0.4, -0.2) is 26.4 Å². The van der Waals surface area contributed by atoms with Crippen LogP contribution in [0.3, 0.4) is 0 Å². The number of methoxy groups -OCH3 is 1. The Morgan fingerprint density at radius 1 is 0.969 bits per heavy atom. The maximum absolute atomic E-state index is 13.0. The summed E-state index contributed by atoms with van der Waals surface area (Å²) < 4.78 is 31.2. The zero-order valence-electron chi connectivity index (χ0n) is 17.7. The lowest BCUT2D eigenvalue weighted by Crippen LogP contribution is -2.22. The number of sulfone groups is 1. The number of nitrogens with one attached hydrogen (secondary N) is 1. The van der Waals surface area contributed by atoms with Crippen molar-refractivity contribution in [3.05, 3.63) is 95.8 Å². The van der Waals surface area contributed by atoms with Crippen LogP contribution in [-0.2, 0) is 16.4 Å². The first kappa shape index (κ1) is 21.5. The quantitative estimate of drug-likeness (QED) is 0.477. The van der Waals surface area contributed by atoms with Crippen LogP contribution in [0.15, 0.2) is 88.9 Å². The molecule has 3 aromatic carbocycles. The van der Waals surface area contributed by atoms with E-state index in [-0.39, 0.29) is 22.2 Å². The molecule has 0 atom stereocenters. The predicted molar refractivity (Wildman–Crippen MR) is 123 cm³/mol. The molecule has 0 aliphatic carbocycles. The van der Waals surface area contributed by atoms with E-state index in [0.29, 0.717) is 16.9 Å². The summed E-state index contributed by atoms with van der Waals surface area (Å²) in [5, 5.41) is 4.78. The van der Waals surface area contributed by atoms with E-state index >= 15 is 0 Å². The Hall–Kier alpha value is -3.71. The minimum atomic E-state index is -3.66. The van der Waals surface area contributed by atoms with Crippen molar-refractivity contribution in [2.45, 2.75) is 23.3 Å². The van der Waals surface area contributed by atoms with Crippen molar-refractivity contribution in [1.82, 2.24) is 10.3 Å². The van der Waals surface area contributed by atoms with Crippen LogP contribution >= 0.6 is 0 Å². The minimum Gasteiger partial charge on any atom is -0.497 e. The van der Waals surface area contributed by atoms with Gasteiger partial charge in [0.15, 0.2) is 0 Å². The van der Waals surface area contributed by atoms with Crippen molar-refractivity contribution >= 4 is 26.5 Å². The molecule has 0 saturated heterocycles. The van der Waals surface area contributed by atoms with Gasteiger partial charge in [0.1, 0.15) is 5.75 Å². The lowest BCUT2D eigenvalue weighted by atomic mass is 10.1. The molecule has 0 bridgehead atoms. The van der Waals surface area contributed by atoms with Crippen LogP contribution in [0.4, 0.5) is 0 Å². The van der Waals surface area contributed by atoms with Crippen molar-refractivity contribution in [3.63, 3.8) is 0 Å². The Morgan fingerprint density at radius 3 is 2.47 bits per heavy atom. The largest absolute Gasteiger partial charge is 0.497 e. The van der Waals surface area contributed by atoms with E-state index in [9.17, 15) is 13.2 Å². The highest BCUT2D eigenvalue weighted by atomic mass is 32.2. The number of carbonyl (C=O) groups is 1. The van der Waals surface area contributed by atoms with Crippen LogP contribution in [0.5, 0.6) is 5.75 Å². The number of aryl methyl sites for hydroxylation is 1. The molecule has 0 aliphatic rings. The molecule has 0 fully saturated rings. The second kappa shape index (κ2) is 8.80. The molecule has 0 radical (unpaired) electrons.